The third kappa shape index (κ3) is 10.4. The van der Waals surface area contributed by atoms with Gasteiger partial charge in [0.2, 0.25) is 0 Å². The molecule has 0 spiro atoms. The highest BCUT2D eigenvalue weighted by molar-refractivity contribution is 7.46. The van der Waals surface area contributed by atoms with Gasteiger partial charge in [0.1, 0.15) is 6.23 Å². The van der Waals surface area contributed by atoms with Crippen LogP contribution in [0.25, 0.3) is 0 Å². The molecule has 3 N–H and O–H groups in total. The van der Waals surface area contributed by atoms with Gasteiger partial charge in [0, 0.05) is 0 Å². The maximum absolute atomic E-state index is 10.6. The van der Waals surface area contributed by atoms with Crippen LogP contribution in [0.15, 0.2) is 0 Å². The van der Waals surface area contributed by atoms with Crippen molar-refractivity contribution >= 4 is 7.82 Å². The van der Waals surface area contributed by atoms with Crippen LogP contribution in [0.3, 0.4) is 0 Å². The van der Waals surface area contributed by atoms with Crippen molar-refractivity contribution in [3.05, 3.63) is 0 Å². The minimum Gasteiger partial charge on any atom is -0.303 e. The fourth-order valence-corrected chi connectivity index (χ4v) is 1.89. The molecule has 92 valence electrons. The van der Waals surface area contributed by atoms with Crippen LogP contribution < -0.4 is 5.32 Å². The van der Waals surface area contributed by atoms with Crippen LogP contribution in [0.2, 0.25) is 0 Å². The highest BCUT2D eigenvalue weighted by atomic mass is 31.2. The Morgan fingerprint density at radius 3 is 2.33 bits per heavy atom. The molecule has 0 aliphatic carbocycles. The van der Waals surface area contributed by atoms with Crippen LogP contribution in [0.5, 0.6) is 0 Å². The summed E-state index contributed by atoms with van der Waals surface area (Å²) in [5.74, 6) is 0. The summed E-state index contributed by atoms with van der Waals surface area (Å²) in [4.78, 5) is 17.2. The van der Waals surface area contributed by atoms with E-state index in [1.807, 2.05) is 0 Å². The maximum atomic E-state index is 10.6. The zero-order valence-corrected chi connectivity index (χ0v) is 10.4. The van der Waals surface area contributed by atoms with Gasteiger partial charge in [0.15, 0.2) is 0 Å². The minimum absolute atomic E-state index is 0.549. The molecule has 1 atom stereocenters. The summed E-state index contributed by atoms with van der Waals surface area (Å²) in [6.07, 6.45) is 5.65. The van der Waals surface area contributed by atoms with Crippen molar-refractivity contribution in [1.29, 1.82) is 0 Å². The molecule has 0 saturated carbocycles. The topological polar surface area (TPSA) is 78.8 Å². The van der Waals surface area contributed by atoms with Crippen molar-refractivity contribution in [2.45, 2.75) is 51.7 Å². The molecular formula is C9H22NO4P. The van der Waals surface area contributed by atoms with Crippen molar-refractivity contribution in [2.75, 3.05) is 7.05 Å². The smallest absolute Gasteiger partial charge is 0.303 e. The molecule has 0 rings (SSSR count). The Morgan fingerprint density at radius 2 is 1.87 bits per heavy atom. The minimum atomic E-state index is -4.36. The Kier molecular flexibility index (Phi) is 8.29. The molecule has 0 aromatic rings. The summed E-state index contributed by atoms with van der Waals surface area (Å²) in [6, 6.07) is 0. The van der Waals surface area contributed by atoms with Gasteiger partial charge < -0.3 is 9.79 Å². The molecule has 15 heavy (non-hydrogen) atoms. The first kappa shape index (κ1) is 15.1. The molecule has 0 bridgehead atoms. The fourth-order valence-electron chi connectivity index (χ4n) is 1.35. The fraction of sp³-hybridized carbons (Fsp3) is 1.00. The summed E-state index contributed by atoms with van der Waals surface area (Å²) in [7, 11) is -2.73. The predicted molar refractivity (Wildman–Crippen MR) is 59.4 cm³/mol. The number of nitrogens with one attached hydrogen (secondary N) is 1. The van der Waals surface area contributed by atoms with Crippen LogP contribution in [0.4, 0.5) is 0 Å². The van der Waals surface area contributed by atoms with Crippen LogP contribution >= 0.6 is 7.82 Å². The number of unbranched alkanes of at least 4 members (excludes halogenated alkanes) is 4. The number of phosphoric acid groups is 1. The van der Waals surface area contributed by atoms with Crippen molar-refractivity contribution in [3.63, 3.8) is 0 Å². The third-order valence-electron chi connectivity index (χ3n) is 2.16. The molecule has 1 unspecified atom stereocenters. The number of hydrogen-bond acceptors (Lipinski definition) is 3. The van der Waals surface area contributed by atoms with E-state index in [0.717, 1.165) is 12.8 Å². The second kappa shape index (κ2) is 8.25. The predicted octanol–water partition coefficient (Wildman–Crippen LogP) is 2.00. The Labute approximate surface area is 91.5 Å². The molecule has 0 amide bonds. The Morgan fingerprint density at radius 1 is 1.27 bits per heavy atom. The van der Waals surface area contributed by atoms with Crippen LogP contribution in [0, 0.1) is 0 Å². The lowest BCUT2D eigenvalue weighted by Gasteiger charge is -2.16. The van der Waals surface area contributed by atoms with E-state index in [9.17, 15) is 4.57 Å². The van der Waals surface area contributed by atoms with Crippen molar-refractivity contribution in [3.8, 4) is 0 Å². The molecule has 0 heterocycles. The molecule has 0 radical (unpaired) electrons. The molecule has 6 heteroatoms. The lowest BCUT2D eigenvalue weighted by atomic mass is 10.1. The Bertz CT molecular complexity index is 195. The average molecular weight is 239 g/mol. The first-order valence-corrected chi connectivity index (χ1v) is 6.94. The van der Waals surface area contributed by atoms with E-state index in [0.29, 0.717) is 6.42 Å². The second-order valence-corrected chi connectivity index (χ2v) is 4.77. The zero-order valence-electron chi connectivity index (χ0n) is 9.48. The molecule has 0 aliphatic rings. The second-order valence-electron chi connectivity index (χ2n) is 3.58. The van der Waals surface area contributed by atoms with Gasteiger partial charge in [-0.05, 0) is 19.9 Å². The molecule has 0 aromatic heterocycles. The molecule has 0 fully saturated rings. The first-order chi connectivity index (χ1) is 6.99. The standard InChI is InChI=1S/C9H22NO4P/c1-3-4-5-6-7-8-9(10-2)14-15(11,12)13/h9-10H,3-8H2,1-2H3,(H2,11,12,13). The summed E-state index contributed by atoms with van der Waals surface area (Å²) in [5, 5.41) is 2.74. The van der Waals surface area contributed by atoms with E-state index in [4.69, 9.17) is 9.79 Å². The highest BCUT2D eigenvalue weighted by Gasteiger charge is 2.20. The normalized spacial score (nSPS) is 14.1. The van der Waals surface area contributed by atoms with Gasteiger partial charge in [0.05, 0.1) is 0 Å². The van der Waals surface area contributed by atoms with E-state index in [-0.39, 0.29) is 0 Å². The quantitative estimate of drug-likeness (QED) is 0.326. The molecule has 0 aromatic carbocycles. The number of phosphoric ester groups is 1. The van der Waals surface area contributed by atoms with E-state index in [1.165, 1.54) is 19.3 Å². The Balaban J connectivity index is 3.58. The molecule has 5 nitrogen and oxygen atoms in total. The maximum Gasteiger partial charge on any atom is 0.471 e. The van der Waals surface area contributed by atoms with E-state index < -0.39 is 14.1 Å². The van der Waals surface area contributed by atoms with Gasteiger partial charge in [-0.2, -0.15) is 0 Å². The SMILES string of the molecule is CCCCCCCC(NC)OP(=O)(O)O. The van der Waals surface area contributed by atoms with E-state index in [1.54, 1.807) is 7.05 Å². The first-order valence-electron chi connectivity index (χ1n) is 5.40. The lowest BCUT2D eigenvalue weighted by Crippen LogP contribution is -2.27. The molecule has 0 saturated heterocycles. The van der Waals surface area contributed by atoms with Gasteiger partial charge in [-0.15, -0.1) is 0 Å². The van der Waals surface area contributed by atoms with Gasteiger partial charge in [-0.25, -0.2) is 4.57 Å². The monoisotopic (exact) mass is 239 g/mol. The van der Waals surface area contributed by atoms with Crippen LogP contribution in [-0.4, -0.2) is 23.1 Å². The summed E-state index contributed by atoms with van der Waals surface area (Å²) in [5.41, 5.74) is 0. The van der Waals surface area contributed by atoms with Gasteiger partial charge in [-0.1, -0.05) is 32.6 Å². The third-order valence-corrected chi connectivity index (χ3v) is 2.69. The van der Waals surface area contributed by atoms with Crippen molar-refractivity contribution in [2.24, 2.45) is 0 Å². The average Bonchev–Trinajstić information content (AvgIpc) is 2.14. The van der Waals surface area contributed by atoms with Crippen molar-refractivity contribution in [1.82, 2.24) is 5.32 Å². The summed E-state index contributed by atoms with van der Waals surface area (Å²) < 4.78 is 15.1. The summed E-state index contributed by atoms with van der Waals surface area (Å²) in [6.45, 7) is 2.15. The molecular weight excluding hydrogens is 217 g/mol. The zero-order chi connectivity index (χ0) is 11.7. The highest BCUT2D eigenvalue weighted by Crippen LogP contribution is 2.37. The molecule has 0 aliphatic heterocycles. The van der Waals surface area contributed by atoms with Crippen LogP contribution in [-0.2, 0) is 9.09 Å². The van der Waals surface area contributed by atoms with Crippen LogP contribution in [0.1, 0.15) is 45.4 Å². The lowest BCUT2D eigenvalue weighted by molar-refractivity contribution is 0.106. The Hall–Kier alpha value is 0.0700. The van der Waals surface area contributed by atoms with E-state index >= 15 is 0 Å². The van der Waals surface area contributed by atoms with E-state index in [2.05, 4.69) is 16.8 Å². The number of hydrogen-bond donors (Lipinski definition) is 3. The largest absolute Gasteiger partial charge is 0.471 e. The van der Waals surface area contributed by atoms with Crippen molar-refractivity contribution < 1.29 is 18.9 Å². The van der Waals surface area contributed by atoms with Gasteiger partial charge >= 0.3 is 7.82 Å². The summed E-state index contributed by atoms with van der Waals surface area (Å²) >= 11 is 0. The van der Waals surface area contributed by atoms with Gasteiger partial charge in [-0.3, -0.25) is 9.84 Å². The van der Waals surface area contributed by atoms with Gasteiger partial charge in [0.25, 0.3) is 0 Å². The number of rotatable bonds is 9.